The SMILES string of the molecule is CCCc1cc(N2CCCC(C(=O)O)C2)nc(-c2ccc(F)cc2)n1. The molecule has 1 aliphatic rings. The number of hydrogen-bond donors (Lipinski definition) is 1. The fourth-order valence-corrected chi connectivity index (χ4v) is 3.14. The molecule has 2 heterocycles. The van der Waals surface area contributed by atoms with E-state index >= 15 is 0 Å². The predicted molar refractivity (Wildman–Crippen MR) is 94.0 cm³/mol. The van der Waals surface area contributed by atoms with Crippen LogP contribution in [0.4, 0.5) is 10.2 Å². The minimum atomic E-state index is -0.758. The van der Waals surface area contributed by atoms with Crippen molar-refractivity contribution in [1.82, 2.24) is 9.97 Å². The average molecular weight is 343 g/mol. The molecular weight excluding hydrogens is 321 g/mol. The average Bonchev–Trinajstić information content (AvgIpc) is 2.62. The van der Waals surface area contributed by atoms with E-state index in [0.29, 0.717) is 18.8 Å². The van der Waals surface area contributed by atoms with Gasteiger partial charge in [-0.3, -0.25) is 4.79 Å². The van der Waals surface area contributed by atoms with Gasteiger partial charge >= 0.3 is 5.97 Å². The first-order valence-electron chi connectivity index (χ1n) is 8.68. The fourth-order valence-electron chi connectivity index (χ4n) is 3.14. The first kappa shape index (κ1) is 17.3. The Morgan fingerprint density at radius 2 is 2.08 bits per heavy atom. The van der Waals surface area contributed by atoms with E-state index in [-0.39, 0.29) is 11.7 Å². The Balaban J connectivity index is 1.95. The minimum absolute atomic E-state index is 0.297. The number of carboxylic acid groups (broad SMARTS) is 1. The summed E-state index contributed by atoms with van der Waals surface area (Å²) in [5.74, 6) is -0.116. The van der Waals surface area contributed by atoms with Gasteiger partial charge in [0.25, 0.3) is 0 Å². The molecule has 1 aliphatic heterocycles. The summed E-state index contributed by atoms with van der Waals surface area (Å²) in [6, 6.07) is 8.07. The highest BCUT2D eigenvalue weighted by atomic mass is 19.1. The van der Waals surface area contributed by atoms with Gasteiger partial charge in [0.05, 0.1) is 5.92 Å². The Morgan fingerprint density at radius 1 is 1.32 bits per heavy atom. The lowest BCUT2D eigenvalue weighted by atomic mass is 9.98. The van der Waals surface area contributed by atoms with Crippen LogP contribution in [0.2, 0.25) is 0 Å². The maximum atomic E-state index is 13.2. The Hall–Kier alpha value is -2.50. The third-order valence-corrected chi connectivity index (χ3v) is 4.47. The van der Waals surface area contributed by atoms with Crippen LogP contribution in [0.15, 0.2) is 30.3 Å². The van der Waals surface area contributed by atoms with Crippen LogP contribution < -0.4 is 4.90 Å². The molecule has 1 unspecified atom stereocenters. The van der Waals surface area contributed by atoms with E-state index in [4.69, 9.17) is 0 Å². The Morgan fingerprint density at radius 3 is 2.76 bits per heavy atom. The summed E-state index contributed by atoms with van der Waals surface area (Å²) in [6.07, 6.45) is 3.30. The number of benzene rings is 1. The van der Waals surface area contributed by atoms with Crippen molar-refractivity contribution in [2.24, 2.45) is 5.92 Å². The first-order chi connectivity index (χ1) is 12.1. The van der Waals surface area contributed by atoms with Crippen LogP contribution in [0.25, 0.3) is 11.4 Å². The number of anilines is 1. The Labute approximate surface area is 146 Å². The zero-order chi connectivity index (χ0) is 17.8. The first-order valence-corrected chi connectivity index (χ1v) is 8.68. The second kappa shape index (κ2) is 7.59. The smallest absolute Gasteiger partial charge is 0.308 e. The lowest BCUT2D eigenvalue weighted by Crippen LogP contribution is -2.39. The molecule has 3 rings (SSSR count). The second-order valence-corrected chi connectivity index (χ2v) is 6.42. The minimum Gasteiger partial charge on any atom is -0.481 e. The van der Waals surface area contributed by atoms with Gasteiger partial charge < -0.3 is 10.0 Å². The molecular formula is C19H22FN3O2. The molecule has 25 heavy (non-hydrogen) atoms. The zero-order valence-corrected chi connectivity index (χ0v) is 14.3. The molecule has 1 saturated heterocycles. The molecule has 6 heteroatoms. The van der Waals surface area contributed by atoms with Gasteiger partial charge in [-0.05, 0) is 43.5 Å². The normalized spacial score (nSPS) is 17.5. The summed E-state index contributed by atoms with van der Waals surface area (Å²) < 4.78 is 13.2. The van der Waals surface area contributed by atoms with Crippen LogP contribution >= 0.6 is 0 Å². The van der Waals surface area contributed by atoms with Gasteiger partial charge in [-0.15, -0.1) is 0 Å². The maximum absolute atomic E-state index is 13.2. The summed E-state index contributed by atoms with van der Waals surface area (Å²) in [6.45, 7) is 3.33. The second-order valence-electron chi connectivity index (χ2n) is 6.42. The molecule has 132 valence electrons. The highest BCUT2D eigenvalue weighted by Crippen LogP contribution is 2.25. The van der Waals surface area contributed by atoms with Crippen molar-refractivity contribution < 1.29 is 14.3 Å². The molecule has 0 aliphatic carbocycles. The highest BCUT2D eigenvalue weighted by molar-refractivity contribution is 5.71. The summed E-state index contributed by atoms with van der Waals surface area (Å²) in [7, 11) is 0. The van der Waals surface area contributed by atoms with Crippen LogP contribution in [-0.2, 0) is 11.2 Å². The molecule has 0 saturated carbocycles. The van der Waals surface area contributed by atoms with Gasteiger partial charge in [0.2, 0.25) is 0 Å². The number of aromatic nitrogens is 2. The number of aryl methyl sites for hydroxylation is 1. The van der Waals surface area contributed by atoms with Gasteiger partial charge in [-0.25, -0.2) is 14.4 Å². The third-order valence-electron chi connectivity index (χ3n) is 4.47. The van der Waals surface area contributed by atoms with E-state index in [1.165, 1.54) is 12.1 Å². The topological polar surface area (TPSA) is 66.3 Å². The quantitative estimate of drug-likeness (QED) is 0.899. The van der Waals surface area contributed by atoms with E-state index in [1.807, 2.05) is 11.0 Å². The Bertz CT molecular complexity index is 749. The van der Waals surface area contributed by atoms with Gasteiger partial charge in [0, 0.05) is 30.4 Å². The Kier molecular flexibility index (Phi) is 5.26. The molecule has 1 aromatic carbocycles. The molecule has 0 spiro atoms. The third kappa shape index (κ3) is 4.13. The van der Waals surface area contributed by atoms with Crippen molar-refractivity contribution in [3.8, 4) is 11.4 Å². The number of nitrogens with zero attached hydrogens (tertiary/aromatic N) is 3. The summed E-state index contributed by atoms with van der Waals surface area (Å²) in [5, 5.41) is 9.31. The number of hydrogen-bond acceptors (Lipinski definition) is 4. The van der Waals surface area contributed by atoms with E-state index in [9.17, 15) is 14.3 Å². The molecule has 0 bridgehead atoms. The number of aliphatic carboxylic acids is 1. The molecule has 1 fully saturated rings. The maximum Gasteiger partial charge on any atom is 0.308 e. The standard InChI is InChI=1S/C19H22FN3O2/c1-2-4-16-11-17(23-10-3-5-14(12-23)19(24)25)22-18(21-16)13-6-8-15(20)9-7-13/h6-9,11,14H,2-5,10,12H2,1H3,(H,24,25). The van der Waals surface area contributed by atoms with Crippen LogP contribution in [0.3, 0.4) is 0 Å². The van der Waals surface area contributed by atoms with Crippen molar-refractivity contribution in [3.63, 3.8) is 0 Å². The molecule has 0 radical (unpaired) electrons. The number of halogens is 1. The van der Waals surface area contributed by atoms with Crippen LogP contribution in [0.5, 0.6) is 0 Å². The van der Waals surface area contributed by atoms with Crippen molar-refractivity contribution in [1.29, 1.82) is 0 Å². The predicted octanol–water partition coefficient (Wildman–Crippen LogP) is 3.54. The van der Waals surface area contributed by atoms with Crippen LogP contribution in [0, 0.1) is 11.7 Å². The largest absolute Gasteiger partial charge is 0.481 e. The lowest BCUT2D eigenvalue weighted by molar-refractivity contribution is -0.141. The highest BCUT2D eigenvalue weighted by Gasteiger charge is 2.26. The van der Waals surface area contributed by atoms with Gasteiger partial charge in [0.15, 0.2) is 5.82 Å². The van der Waals surface area contributed by atoms with Crippen molar-refractivity contribution >= 4 is 11.8 Å². The fraction of sp³-hybridized carbons (Fsp3) is 0.421. The van der Waals surface area contributed by atoms with Gasteiger partial charge in [0.1, 0.15) is 11.6 Å². The molecule has 5 nitrogen and oxygen atoms in total. The number of carboxylic acids is 1. The summed E-state index contributed by atoms with van der Waals surface area (Å²) >= 11 is 0. The molecule has 1 atom stereocenters. The number of carbonyl (C=O) groups is 1. The number of rotatable bonds is 5. The van der Waals surface area contributed by atoms with E-state index in [0.717, 1.165) is 42.9 Å². The van der Waals surface area contributed by atoms with Gasteiger partial charge in [-0.2, -0.15) is 0 Å². The van der Waals surface area contributed by atoms with E-state index in [1.54, 1.807) is 12.1 Å². The van der Waals surface area contributed by atoms with Crippen molar-refractivity contribution in [3.05, 3.63) is 41.8 Å². The summed E-state index contributed by atoms with van der Waals surface area (Å²) in [5.41, 5.74) is 1.68. The van der Waals surface area contributed by atoms with E-state index in [2.05, 4.69) is 16.9 Å². The molecule has 1 N–H and O–H groups in total. The van der Waals surface area contributed by atoms with Gasteiger partial charge in [-0.1, -0.05) is 13.3 Å². The van der Waals surface area contributed by atoms with E-state index < -0.39 is 5.97 Å². The van der Waals surface area contributed by atoms with Crippen molar-refractivity contribution in [2.45, 2.75) is 32.6 Å². The zero-order valence-electron chi connectivity index (χ0n) is 14.3. The number of piperidine rings is 1. The molecule has 2 aromatic rings. The van der Waals surface area contributed by atoms with Crippen LogP contribution in [-0.4, -0.2) is 34.1 Å². The molecule has 0 amide bonds. The summed E-state index contributed by atoms with van der Waals surface area (Å²) in [4.78, 5) is 22.6. The molecule has 1 aromatic heterocycles. The van der Waals surface area contributed by atoms with Crippen LogP contribution in [0.1, 0.15) is 31.9 Å². The monoisotopic (exact) mass is 343 g/mol. The lowest BCUT2D eigenvalue weighted by Gasteiger charge is -2.32. The van der Waals surface area contributed by atoms with Crippen molar-refractivity contribution in [2.75, 3.05) is 18.0 Å².